The summed E-state index contributed by atoms with van der Waals surface area (Å²) in [6.45, 7) is 9.12. The zero-order chi connectivity index (χ0) is 17.4. The van der Waals surface area contributed by atoms with E-state index in [1.807, 2.05) is 24.3 Å². The molecule has 0 unspecified atom stereocenters. The first-order valence-electron chi connectivity index (χ1n) is 8.11. The third kappa shape index (κ3) is 4.61. The van der Waals surface area contributed by atoms with Gasteiger partial charge in [-0.15, -0.1) is 13.2 Å². The number of methoxy groups -OCH3 is 1. The van der Waals surface area contributed by atoms with E-state index in [4.69, 9.17) is 14.2 Å². The Morgan fingerprint density at radius 2 is 2.04 bits per heavy atom. The van der Waals surface area contributed by atoms with Gasteiger partial charge in [0.15, 0.2) is 0 Å². The van der Waals surface area contributed by atoms with Crippen molar-refractivity contribution in [2.45, 2.75) is 31.6 Å². The molecule has 0 spiro atoms. The van der Waals surface area contributed by atoms with Crippen molar-refractivity contribution in [1.29, 1.82) is 0 Å². The van der Waals surface area contributed by atoms with Crippen molar-refractivity contribution in [3.8, 4) is 5.75 Å². The summed E-state index contributed by atoms with van der Waals surface area (Å²) >= 11 is 0. The molecule has 1 saturated heterocycles. The molecule has 0 N–H and O–H groups in total. The number of benzene rings is 1. The average molecular weight is 331 g/mol. The van der Waals surface area contributed by atoms with E-state index in [1.165, 1.54) is 0 Å². The molecule has 0 bridgehead atoms. The minimum atomic E-state index is -0.302. The molecule has 1 amide bonds. The maximum absolute atomic E-state index is 11.8. The summed E-state index contributed by atoms with van der Waals surface area (Å²) in [4.78, 5) is 13.5. The molecule has 5 nitrogen and oxygen atoms in total. The van der Waals surface area contributed by atoms with Crippen molar-refractivity contribution >= 4 is 6.09 Å². The number of ether oxygens (including phenoxy) is 3. The van der Waals surface area contributed by atoms with Gasteiger partial charge in [0.25, 0.3) is 0 Å². The summed E-state index contributed by atoms with van der Waals surface area (Å²) in [6.07, 6.45) is 4.55. The SMILES string of the molecule is C=CCN1C(=O)O[C@H](CCCOCc2ccc(OC)cc2)[C@@H]1C=C. The molecule has 1 aromatic carbocycles. The molecular weight excluding hydrogens is 306 g/mol. The van der Waals surface area contributed by atoms with E-state index >= 15 is 0 Å². The van der Waals surface area contributed by atoms with Crippen LogP contribution in [0.2, 0.25) is 0 Å². The van der Waals surface area contributed by atoms with E-state index in [0.717, 1.165) is 24.2 Å². The molecule has 2 atom stereocenters. The van der Waals surface area contributed by atoms with Crippen LogP contribution in [0.1, 0.15) is 18.4 Å². The summed E-state index contributed by atoms with van der Waals surface area (Å²) in [7, 11) is 1.65. The molecule has 1 heterocycles. The van der Waals surface area contributed by atoms with Gasteiger partial charge in [-0.3, -0.25) is 4.90 Å². The van der Waals surface area contributed by atoms with Crippen LogP contribution in [0.25, 0.3) is 0 Å². The fraction of sp³-hybridized carbons (Fsp3) is 0.421. The number of rotatable bonds is 10. The van der Waals surface area contributed by atoms with E-state index in [2.05, 4.69) is 13.2 Å². The van der Waals surface area contributed by atoms with E-state index in [9.17, 15) is 4.79 Å². The molecule has 1 aliphatic heterocycles. The van der Waals surface area contributed by atoms with Gasteiger partial charge in [-0.05, 0) is 30.5 Å². The molecule has 1 aliphatic rings. The zero-order valence-corrected chi connectivity index (χ0v) is 14.1. The van der Waals surface area contributed by atoms with Crippen molar-refractivity contribution in [3.05, 3.63) is 55.1 Å². The van der Waals surface area contributed by atoms with Gasteiger partial charge in [-0.2, -0.15) is 0 Å². The molecule has 0 aromatic heterocycles. The summed E-state index contributed by atoms with van der Waals surface area (Å²) in [6, 6.07) is 7.70. The lowest BCUT2D eigenvalue weighted by Crippen LogP contribution is -2.35. The van der Waals surface area contributed by atoms with Gasteiger partial charge in [-0.1, -0.05) is 24.3 Å². The van der Waals surface area contributed by atoms with Crippen LogP contribution < -0.4 is 4.74 Å². The predicted molar refractivity (Wildman–Crippen MR) is 93.0 cm³/mol. The number of hydrogen-bond donors (Lipinski definition) is 0. The monoisotopic (exact) mass is 331 g/mol. The molecule has 1 fully saturated rings. The summed E-state index contributed by atoms with van der Waals surface area (Å²) in [5.74, 6) is 0.835. The lowest BCUT2D eigenvalue weighted by Gasteiger charge is -2.19. The van der Waals surface area contributed by atoms with Gasteiger partial charge in [0.1, 0.15) is 11.9 Å². The number of carbonyl (C=O) groups is 1. The number of carbonyl (C=O) groups excluding carboxylic acids is 1. The minimum absolute atomic E-state index is 0.0999. The fourth-order valence-corrected chi connectivity index (χ4v) is 2.73. The summed E-state index contributed by atoms with van der Waals surface area (Å²) < 4.78 is 16.2. The second kappa shape index (κ2) is 9.13. The Morgan fingerprint density at radius 3 is 2.67 bits per heavy atom. The maximum atomic E-state index is 11.8. The van der Waals surface area contributed by atoms with Crippen molar-refractivity contribution in [2.75, 3.05) is 20.3 Å². The topological polar surface area (TPSA) is 48.0 Å². The molecular formula is C19H25NO4. The number of nitrogens with zero attached hydrogens (tertiary/aromatic N) is 1. The molecule has 0 saturated carbocycles. The largest absolute Gasteiger partial charge is 0.497 e. The Balaban J connectivity index is 1.70. The smallest absolute Gasteiger partial charge is 0.411 e. The van der Waals surface area contributed by atoms with Gasteiger partial charge in [-0.25, -0.2) is 4.79 Å². The van der Waals surface area contributed by atoms with Crippen molar-refractivity contribution in [3.63, 3.8) is 0 Å². The predicted octanol–water partition coefficient (Wildman–Crippen LogP) is 3.55. The maximum Gasteiger partial charge on any atom is 0.411 e. The standard InChI is InChI=1S/C19H25NO4/c1-4-12-20-17(5-2)18(24-19(20)21)7-6-13-23-14-15-8-10-16(22-3)11-9-15/h4-5,8-11,17-18H,1-2,6-7,12-14H2,3H3/t17-,18+/m0/s1. The number of amides is 1. The number of cyclic esters (lactones) is 1. The Bertz CT molecular complexity index is 555. The van der Waals surface area contributed by atoms with Crippen LogP contribution in [0.5, 0.6) is 5.75 Å². The van der Waals surface area contributed by atoms with Gasteiger partial charge >= 0.3 is 6.09 Å². The normalized spacial score (nSPS) is 19.9. The first-order valence-corrected chi connectivity index (χ1v) is 8.11. The quantitative estimate of drug-likeness (QED) is 0.486. The highest BCUT2D eigenvalue weighted by atomic mass is 16.6. The zero-order valence-electron chi connectivity index (χ0n) is 14.1. The Morgan fingerprint density at radius 1 is 1.29 bits per heavy atom. The molecule has 1 aromatic rings. The van der Waals surface area contributed by atoms with Crippen molar-refractivity contribution < 1.29 is 19.0 Å². The first kappa shape index (κ1) is 18.1. The van der Waals surface area contributed by atoms with Crippen LogP contribution in [-0.4, -0.2) is 43.4 Å². The highest BCUT2D eigenvalue weighted by Gasteiger charge is 2.38. The van der Waals surface area contributed by atoms with Gasteiger partial charge in [0, 0.05) is 13.2 Å². The molecule has 2 rings (SSSR count). The van der Waals surface area contributed by atoms with Crippen LogP contribution in [0.4, 0.5) is 4.79 Å². The average Bonchev–Trinajstić information content (AvgIpc) is 2.90. The van der Waals surface area contributed by atoms with Crippen LogP contribution in [0, 0.1) is 0 Å². The molecule has 24 heavy (non-hydrogen) atoms. The fourth-order valence-electron chi connectivity index (χ4n) is 2.73. The van der Waals surface area contributed by atoms with E-state index in [-0.39, 0.29) is 18.2 Å². The van der Waals surface area contributed by atoms with Crippen molar-refractivity contribution in [1.82, 2.24) is 4.90 Å². The van der Waals surface area contributed by atoms with Crippen LogP contribution >= 0.6 is 0 Å². The van der Waals surface area contributed by atoms with E-state index in [1.54, 1.807) is 24.2 Å². The molecule has 5 heteroatoms. The third-order valence-electron chi connectivity index (χ3n) is 4.00. The number of hydrogen-bond acceptors (Lipinski definition) is 4. The Kier molecular flexibility index (Phi) is 6.88. The Hall–Kier alpha value is -2.27. The molecule has 130 valence electrons. The molecule has 0 aliphatic carbocycles. The second-order valence-electron chi connectivity index (χ2n) is 5.63. The summed E-state index contributed by atoms with van der Waals surface area (Å²) in [5.41, 5.74) is 1.10. The highest BCUT2D eigenvalue weighted by molar-refractivity contribution is 5.71. The van der Waals surface area contributed by atoms with Crippen LogP contribution in [-0.2, 0) is 16.1 Å². The summed E-state index contributed by atoms with van der Waals surface area (Å²) in [5, 5.41) is 0. The van der Waals surface area contributed by atoms with Crippen molar-refractivity contribution in [2.24, 2.45) is 0 Å². The Labute approximate surface area is 143 Å². The van der Waals surface area contributed by atoms with Gasteiger partial charge in [0.2, 0.25) is 0 Å². The minimum Gasteiger partial charge on any atom is -0.497 e. The van der Waals surface area contributed by atoms with Gasteiger partial charge < -0.3 is 14.2 Å². The lowest BCUT2D eigenvalue weighted by molar-refractivity contribution is 0.0940. The van der Waals surface area contributed by atoms with Gasteiger partial charge in [0.05, 0.1) is 19.8 Å². The van der Waals surface area contributed by atoms with E-state index < -0.39 is 0 Å². The first-order chi connectivity index (χ1) is 11.7. The third-order valence-corrected chi connectivity index (χ3v) is 4.00. The van der Waals surface area contributed by atoms with Crippen LogP contribution in [0.15, 0.2) is 49.6 Å². The second-order valence-corrected chi connectivity index (χ2v) is 5.63. The van der Waals surface area contributed by atoms with Crippen LogP contribution in [0.3, 0.4) is 0 Å². The van der Waals surface area contributed by atoms with E-state index in [0.29, 0.717) is 19.8 Å². The highest BCUT2D eigenvalue weighted by Crippen LogP contribution is 2.24. The molecule has 0 radical (unpaired) electrons. The lowest BCUT2D eigenvalue weighted by atomic mass is 10.1.